The molecule has 0 atom stereocenters. The Kier molecular flexibility index (Phi) is 3.55. The van der Waals surface area contributed by atoms with Crippen LogP contribution in [-0.2, 0) is 4.79 Å². The van der Waals surface area contributed by atoms with Gasteiger partial charge in [0.05, 0.1) is 0 Å². The number of aryl methyl sites for hydroxylation is 1. The number of hydrogen-bond acceptors (Lipinski definition) is 1. The number of hydrogen-bond donors (Lipinski definition) is 0. The summed E-state index contributed by atoms with van der Waals surface area (Å²) in [4.78, 5) is 13.8. The molecule has 3 rings (SSSR count). The minimum atomic E-state index is 0.250. The third kappa shape index (κ3) is 2.60. The van der Waals surface area contributed by atoms with Crippen molar-refractivity contribution in [2.45, 2.75) is 26.2 Å². The summed E-state index contributed by atoms with van der Waals surface area (Å²) in [6.07, 6.45) is 2.81. The Morgan fingerprint density at radius 3 is 2.45 bits per heavy atom. The largest absolute Gasteiger partial charge is 0.312 e. The lowest BCUT2D eigenvalue weighted by atomic mass is 10.0. The van der Waals surface area contributed by atoms with Crippen LogP contribution in [0.1, 0.15) is 24.8 Å². The van der Waals surface area contributed by atoms with E-state index in [1.165, 1.54) is 16.7 Å². The van der Waals surface area contributed by atoms with Crippen molar-refractivity contribution >= 4 is 11.6 Å². The fraction of sp³-hybridized carbons (Fsp3) is 0.278. The maximum Gasteiger partial charge on any atom is 0.226 e. The molecular weight excluding hydrogens is 246 g/mol. The second kappa shape index (κ2) is 5.49. The SMILES string of the molecule is Cc1cccc(-c2ccc(N3CCCCC3=O)cc2)c1. The minimum absolute atomic E-state index is 0.250. The first-order valence-electron chi connectivity index (χ1n) is 7.21. The van der Waals surface area contributed by atoms with E-state index in [0.29, 0.717) is 6.42 Å². The summed E-state index contributed by atoms with van der Waals surface area (Å²) in [5, 5.41) is 0. The van der Waals surface area contributed by atoms with E-state index in [0.717, 1.165) is 25.1 Å². The Bertz CT molecular complexity index is 616. The molecule has 2 aromatic carbocycles. The molecule has 1 saturated heterocycles. The smallest absolute Gasteiger partial charge is 0.226 e. The maximum absolute atomic E-state index is 11.9. The van der Waals surface area contributed by atoms with Gasteiger partial charge in [-0.05, 0) is 43.0 Å². The van der Waals surface area contributed by atoms with Gasteiger partial charge in [-0.2, -0.15) is 0 Å². The number of carbonyl (C=O) groups excluding carboxylic acids is 1. The van der Waals surface area contributed by atoms with E-state index in [4.69, 9.17) is 0 Å². The average molecular weight is 265 g/mol. The average Bonchev–Trinajstić information content (AvgIpc) is 2.48. The Balaban J connectivity index is 1.86. The lowest BCUT2D eigenvalue weighted by Crippen LogP contribution is -2.35. The first-order valence-corrected chi connectivity index (χ1v) is 7.21. The van der Waals surface area contributed by atoms with Crippen molar-refractivity contribution in [1.29, 1.82) is 0 Å². The van der Waals surface area contributed by atoms with Crippen LogP contribution < -0.4 is 4.90 Å². The van der Waals surface area contributed by atoms with Gasteiger partial charge in [-0.25, -0.2) is 0 Å². The van der Waals surface area contributed by atoms with Crippen LogP contribution in [0.2, 0.25) is 0 Å². The molecule has 2 heteroatoms. The number of amides is 1. The van der Waals surface area contributed by atoms with E-state index in [-0.39, 0.29) is 5.91 Å². The van der Waals surface area contributed by atoms with Crippen LogP contribution in [0.25, 0.3) is 11.1 Å². The van der Waals surface area contributed by atoms with Gasteiger partial charge >= 0.3 is 0 Å². The lowest BCUT2D eigenvalue weighted by molar-refractivity contribution is -0.119. The van der Waals surface area contributed by atoms with Gasteiger partial charge in [0.15, 0.2) is 0 Å². The van der Waals surface area contributed by atoms with Crippen LogP contribution in [0, 0.1) is 6.92 Å². The van der Waals surface area contributed by atoms with E-state index in [1.807, 2.05) is 4.90 Å². The van der Waals surface area contributed by atoms with E-state index in [9.17, 15) is 4.79 Å². The number of rotatable bonds is 2. The highest BCUT2D eigenvalue weighted by molar-refractivity contribution is 5.94. The molecule has 0 radical (unpaired) electrons. The topological polar surface area (TPSA) is 20.3 Å². The Labute approximate surface area is 120 Å². The van der Waals surface area contributed by atoms with Gasteiger partial charge in [0.25, 0.3) is 0 Å². The molecule has 0 aliphatic carbocycles. The predicted molar refractivity (Wildman–Crippen MR) is 82.8 cm³/mol. The van der Waals surface area contributed by atoms with Crippen LogP contribution >= 0.6 is 0 Å². The molecule has 1 aliphatic heterocycles. The number of benzene rings is 2. The van der Waals surface area contributed by atoms with Gasteiger partial charge in [-0.1, -0.05) is 42.0 Å². The van der Waals surface area contributed by atoms with E-state index in [1.54, 1.807) is 0 Å². The van der Waals surface area contributed by atoms with E-state index < -0.39 is 0 Å². The molecule has 1 amide bonds. The quantitative estimate of drug-likeness (QED) is 0.797. The van der Waals surface area contributed by atoms with Crippen molar-refractivity contribution in [1.82, 2.24) is 0 Å². The molecular formula is C18H19NO. The van der Waals surface area contributed by atoms with Crippen molar-refractivity contribution < 1.29 is 4.79 Å². The predicted octanol–water partition coefficient (Wildman–Crippen LogP) is 4.18. The Hall–Kier alpha value is -2.09. The van der Waals surface area contributed by atoms with Crippen LogP contribution in [0.4, 0.5) is 5.69 Å². The van der Waals surface area contributed by atoms with Crippen molar-refractivity contribution in [3.05, 3.63) is 54.1 Å². The first kappa shape index (κ1) is 12.9. The number of piperidine rings is 1. The second-order valence-electron chi connectivity index (χ2n) is 5.42. The Morgan fingerprint density at radius 1 is 0.950 bits per heavy atom. The molecule has 102 valence electrons. The monoisotopic (exact) mass is 265 g/mol. The van der Waals surface area contributed by atoms with Gasteiger partial charge in [0.2, 0.25) is 5.91 Å². The molecule has 0 N–H and O–H groups in total. The van der Waals surface area contributed by atoms with Crippen LogP contribution in [0.5, 0.6) is 0 Å². The molecule has 0 spiro atoms. The van der Waals surface area contributed by atoms with Gasteiger partial charge < -0.3 is 4.90 Å². The highest BCUT2D eigenvalue weighted by Crippen LogP contribution is 2.26. The van der Waals surface area contributed by atoms with Crippen LogP contribution in [0.15, 0.2) is 48.5 Å². The van der Waals surface area contributed by atoms with Crippen molar-refractivity contribution in [2.24, 2.45) is 0 Å². The highest BCUT2D eigenvalue weighted by atomic mass is 16.2. The maximum atomic E-state index is 11.9. The summed E-state index contributed by atoms with van der Waals surface area (Å²) in [7, 11) is 0. The van der Waals surface area contributed by atoms with Gasteiger partial charge in [-0.15, -0.1) is 0 Å². The van der Waals surface area contributed by atoms with Gasteiger partial charge in [-0.3, -0.25) is 4.79 Å². The molecule has 1 fully saturated rings. The normalized spacial score (nSPS) is 15.4. The summed E-state index contributed by atoms with van der Waals surface area (Å²) < 4.78 is 0. The zero-order chi connectivity index (χ0) is 13.9. The zero-order valence-corrected chi connectivity index (χ0v) is 11.8. The molecule has 2 aromatic rings. The van der Waals surface area contributed by atoms with Crippen molar-refractivity contribution in [2.75, 3.05) is 11.4 Å². The lowest BCUT2D eigenvalue weighted by Gasteiger charge is -2.26. The van der Waals surface area contributed by atoms with Crippen LogP contribution in [0.3, 0.4) is 0 Å². The van der Waals surface area contributed by atoms with Gasteiger partial charge in [0.1, 0.15) is 0 Å². The number of nitrogens with zero attached hydrogens (tertiary/aromatic N) is 1. The fourth-order valence-electron chi connectivity index (χ4n) is 2.74. The number of anilines is 1. The summed E-state index contributed by atoms with van der Waals surface area (Å²) in [5.41, 5.74) is 4.70. The van der Waals surface area contributed by atoms with Gasteiger partial charge in [0, 0.05) is 18.7 Å². The molecule has 0 saturated carbocycles. The number of carbonyl (C=O) groups is 1. The molecule has 1 heterocycles. The zero-order valence-electron chi connectivity index (χ0n) is 11.8. The van der Waals surface area contributed by atoms with Crippen LogP contribution in [-0.4, -0.2) is 12.5 Å². The molecule has 0 bridgehead atoms. The molecule has 0 aromatic heterocycles. The Morgan fingerprint density at radius 2 is 1.75 bits per heavy atom. The first-order chi connectivity index (χ1) is 9.74. The molecule has 20 heavy (non-hydrogen) atoms. The summed E-state index contributed by atoms with van der Waals surface area (Å²) >= 11 is 0. The third-order valence-corrected chi connectivity index (χ3v) is 3.85. The highest BCUT2D eigenvalue weighted by Gasteiger charge is 2.19. The minimum Gasteiger partial charge on any atom is -0.312 e. The summed E-state index contributed by atoms with van der Waals surface area (Å²) in [6, 6.07) is 16.8. The van der Waals surface area contributed by atoms with E-state index >= 15 is 0 Å². The summed E-state index contributed by atoms with van der Waals surface area (Å²) in [6.45, 7) is 2.95. The third-order valence-electron chi connectivity index (χ3n) is 3.85. The standard InChI is InChI=1S/C18H19NO/c1-14-5-4-6-16(13-14)15-8-10-17(11-9-15)19-12-3-2-7-18(19)20/h4-6,8-11,13H,2-3,7,12H2,1H3. The summed E-state index contributed by atoms with van der Waals surface area (Å²) in [5.74, 6) is 0.250. The van der Waals surface area contributed by atoms with Crippen molar-refractivity contribution in [3.63, 3.8) is 0 Å². The molecule has 2 nitrogen and oxygen atoms in total. The van der Waals surface area contributed by atoms with E-state index in [2.05, 4.69) is 55.5 Å². The fourth-order valence-corrected chi connectivity index (χ4v) is 2.74. The molecule has 1 aliphatic rings. The second-order valence-corrected chi connectivity index (χ2v) is 5.42. The van der Waals surface area contributed by atoms with Crippen molar-refractivity contribution in [3.8, 4) is 11.1 Å². The molecule has 0 unspecified atom stereocenters.